The molecule has 0 bridgehead atoms. The number of benzene rings is 2. The fraction of sp³-hybridized carbons (Fsp3) is 0.448. The molecule has 8 nitrogen and oxygen atoms in total. The van der Waals surface area contributed by atoms with Crippen LogP contribution in [0.5, 0.6) is 5.75 Å². The molecule has 1 aliphatic carbocycles. The van der Waals surface area contributed by atoms with Crippen molar-refractivity contribution in [1.29, 1.82) is 0 Å². The maximum atomic E-state index is 12.7. The number of nitrogens with one attached hydrogen (secondary N) is 3. The van der Waals surface area contributed by atoms with Crippen molar-refractivity contribution in [3.05, 3.63) is 60.3 Å². The maximum Gasteiger partial charge on any atom is 0.573 e. The van der Waals surface area contributed by atoms with Gasteiger partial charge in [-0.15, -0.1) is 13.2 Å². The number of anilines is 1. The number of para-hydroxylation sites is 1. The second-order valence-electron chi connectivity index (χ2n) is 10.7. The van der Waals surface area contributed by atoms with Gasteiger partial charge in [-0.1, -0.05) is 24.3 Å². The Balaban J connectivity index is 1.11. The average Bonchev–Trinajstić information content (AvgIpc) is 3.35. The summed E-state index contributed by atoms with van der Waals surface area (Å²) in [6.07, 6.45) is 2.44. The van der Waals surface area contributed by atoms with Crippen LogP contribution in [-0.4, -0.2) is 53.4 Å². The summed E-state index contributed by atoms with van der Waals surface area (Å²) >= 11 is 0. The summed E-state index contributed by atoms with van der Waals surface area (Å²) in [4.78, 5) is 30.1. The highest BCUT2D eigenvalue weighted by Gasteiger charge is 2.35. The van der Waals surface area contributed by atoms with E-state index in [1.54, 1.807) is 4.90 Å². The summed E-state index contributed by atoms with van der Waals surface area (Å²) in [5.41, 5.74) is 8.52. The molecule has 11 heteroatoms. The Kier molecular flexibility index (Phi) is 8.20. The number of aromatic nitrogens is 1. The third kappa shape index (κ3) is 6.70. The molecule has 40 heavy (non-hydrogen) atoms. The number of nitrogens with zero attached hydrogens (tertiary/aromatic N) is 1. The molecule has 1 unspecified atom stereocenters. The van der Waals surface area contributed by atoms with Crippen molar-refractivity contribution in [2.75, 3.05) is 18.4 Å². The van der Waals surface area contributed by atoms with Gasteiger partial charge in [0, 0.05) is 48.0 Å². The maximum absolute atomic E-state index is 12.7. The molecule has 5 rings (SSSR count). The van der Waals surface area contributed by atoms with Crippen LogP contribution in [0.3, 0.4) is 0 Å². The number of urea groups is 1. The fourth-order valence-corrected chi connectivity index (χ4v) is 6.12. The van der Waals surface area contributed by atoms with Crippen LogP contribution in [-0.2, 0) is 4.79 Å². The molecule has 5 N–H and O–H groups in total. The first-order valence-corrected chi connectivity index (χ1v) is 13.7. The lowest BCUT2D eigenvalue weighted by Gasteiger charge is -2.38. The standard InChI is InChI=1S/C29H34F3N5O3/c30-29(31,32)40-22-5-3-4-21(16-22)36-28(39)37-14-12-19(13-15-37)26(27(33)38)35-20-10-8-18(9-11-20)24-17-34-25-7-2-1-6-23(24)25/h1-7,16-20,26,34-35H,8-15H2,(H2,33,38)(H,36,39). The quantitative estimate of drug-likeness (QED) is 0.308. The van der Waals surface area contributed by atoms with E-state index in [0.717, 1.165) is 37.3 Å². The Labute approximate surface area is 230 Å². The van der Waals surface area contributed by atoms with Crippen LogP contribution in [0.15, 0.2) is 54.7 Å². The molecule has 1 saturated carbocycles. The number of amides is 3. The minimum absolute atomic E-state index is 0.00333. The summed E-state index contributed by atoms with van der Waals surface area (Å²) < 4.78 is 41.4. The normalized spacial score (nSPS) is 21.2. The molecule has 1 saturated heterocycles. The van der Waals surface area contributed by atoms with Crippen molar-refractivity contribution in [3.8, 4) is 5.75 Å². The van der Waals surface area contributed by atoms with E-state index in [0.29, 0.717) is 31.8 Å². The van der Waals surface area contributed by atoms with Gasteiger partial charge in [0.25, 0.3) is 0 Å². The molecule has 2 fully saturated rings. The molecule has 214 valence electrons. The largest absolute Gasteiger partial charge is 0.573 e. The van der Waals surface area contributed by atoms with Gasteiger partial charge in [0.1, 0.15) is 5.75 Å². The molecular formula is C29H34F3N5O3. The number of likely N-dealkylation sites (tertiary alicyclic amines) is 1. The number of hydrogen-bond donors (Lipinski definition) is 4. The van der Waals surface area contributed by atoms with E-state index in [1.165, 1.54) is 29.1 Å². The number of fused-ring (bicyclic) bond motifs is 1. The predicted octanol–water partition coefficient (Wildman–Crippen LogP) is 5.48. The number of halogens is 3. The SMILES string of the molecule is NC(=O)C(NC1CCC(c2c[nH]c3ccccc23)CC1)C1CCN(C(=O)Nc2cccc(OC(F)(F)F)c2)CC1. The van der Waals surface area contributed by atoms with E-state index >= 15 is 0 Å². The van der Waals surface area contributed by atoms with Gasteiger partial charge in [-0.25, -0.2) is 4.79 Å². The molecule has 1 atom stereocenters. The van der Waals surface area contributed by atoms with E-state index in [1.807, 2.05) is 6.07 Å². The number of H-pyrrole nitrogens is 1. The number of nitrogens with two attached hydrogens (primary N) is 1. The lowest BCUT2D eigenvalue weighted by molar-refractivity contribution is -0.274. The number of rotatable bonds is 7. The Morgan fingerprint density at radius 3 is 2.42 bits per heavy atom. The first-order chi connectivity index (χ1) is 19.2. The number of aromatic amines is 1. The summed E-state index contributed by atoms with van der Waals surface area (Å²) in [6.45, 7) is 0.821. The molecule has 3 aromatic rings. The van der Waals surface area contributed by atoms with Crippen LogP contribution in [0.1, 0.15) is 50.0 Å². The molecular weight excluding hydrogens is 523 g/mol. The molecule has 1 aromatic heterocycles. The van der Waals surface area contributed by atoms with Gasteiger partial charge >= 0.3 is 12.4 Å². The van der Waals surface area contributed by atoms with Crippen molar-refractivity contribution in [2.24, 2.45) is 11.7 Å². The highest BCUT2D eigenvalue weighted by molar-refractivity contribution is 5.89. The first kappa shape index (κ1) is 27.8. The Morgan fingerprint density at radius 2 is 1.73 bits per heavy atom. The second-order valence-corrected chi connectivity index (χ2v) is 10.7. The van der Waals surface area contributed by atoms with E-state index in [2.05, 4.69) is 44.8 Å². The molecule has 0 radical (unpaired) electrons. The van der Waals surface area contributed by atoms with Gasteiger partial charge in [0.15, 0.2) is 0 Å². The van der Waals surface area contributed by atoms with E-state index in [9.17, 15) is 22.8 Å². The van der Waals surface area contributed by atoms with Crippen LogP contribution in [0.2, 0.25) is 0 Å². The molecule has 2 heterocycles. The van der Waals surface area contributed by atoms with Crippen LogP contribution in [0.25, 0.3) is 10.9 Å². The van der Waals surface area contributed by atoms with E-state index < -0.39 is 24.2 Å². The van der Waals surface area contributed by atoms with Crippen LogP contribution < -0.4 is 21.1 Å². The highest BCUT2D eigenvalue weighted by Crippen LogP contribution is 2.37. The second kappa shape index (κ2) is 11.8. The number of hydrogen-bond acceptors (Lipinski definition) is 4. The molecule has 0 spiro atoms. The van der Waals surface area contributed by atoms with Gasteiger partial charge < -0.3 is 31.0 Å². The molecule has 2 aliphatic rings. The average molecular weight is 558 g/mol. The smallest absolute Gasteiger partial charge is 0.406 e. The minimum Gasteiger partial charge on any atom is -0.406 e. The summed E-state index contributed by atoms with van der Waals surface area (Å²) in [6, 6.07) is 12.8. The fourth-order valence-electron chi connectivity index (χ4n) is 6.12. The van der Waals surface area contributed by atoms with Crippen LogP contribution >= 0.6 is 0 Å². The van der Waals surface area contributed by atoms with Crippen LogP contribution in [0, 0.1) is 5.92 Å². The lowest BCUT2D eigenvalue weighted by Crippen LogP contribution is -2.54. The third-order valence-corrected chi connectivity index (χ3v) is 8.13. The molecule has 2 aromatic carbocycles. The lowest BCUT2D eigenvalue weighted by atomic mass is 9.80. The molecule has 1 aliphatic heterocycles. The van der Waals surface area contributed by atoms with Crippen molar-refractivity contribution < 1.29 is 27.5 Å². The number of carbonyl (C=O) groups is 2. The Morgan fingerprint density at radius 1 is 1.00 bits per heavy atom. The Hall–Kier alpha value is -3.73. The van der Waals surface area contributed by atoms with E-state index in [-0.39, 0.29) is 23.6 Å². The third-order valence-electron chi connectivity index (χ3n) is 8.13. The summed E-state index contributed by atoms with van der Waals surface area (Å²) in [5.74, 6) is -0.321. The monoisotopic (exact) mass is 557 g/mol. The number of carbonyl (C=O) groups excluding carboxylic acids is 2. The predicted molar refractivity (Wildman–Crippen MR) is 146 cm³/mol. The van der Waals surface area contributed by atoms with Gasteiger partial charge in [0.05, 0.1) is 6.04 Å². The number of piperidine rings is 1. The summed E-state index contributed by atoms with van der Waals surface area (Å²) in [5, 5.41) is 7.43. The zero-order valence-corrected chi connectivity index (χ0v) is 22.0. The molecule has 3 amide bonds. The highest BCUT2D eigenvalue weighted by atomic mass is 19.4. The number of primary amides is 1. The van der Waals surface area contributed by atoms with Crippen molar-refractivity contribution in [3.63, 3.8) is 0 Å². The van der Waals surface area contributed by atoms with E-state index in [4.69, 9.17) is 5.73 Å². The van der Waals surface area contributed by atoms with Crippen LogP contribution in [0.4, 0.5) is 23.7 Å². The number of ether oxygens (including phenoxy) is 1. The zero-order valence-electron chi connectivity index (χ0n) is 22.0. The van der Waals surface area contributed by atoms with Crippen molar-refractivity contribution in [2.45, 2.75) is 62.9 Å². The van der Waals surface area contributed by atoms with Gasteiger partial charge in [0.2, 0.25) is 5.91 Å². The number of alkyl halides is 3. The van der Waals surface area contributed by atoms with Gasteiger partial charge in [-0.2, -0.15) is 0 Å². The topological polar surface area (TPSA) is 112 Å². The first-order valence-electron chi connectivity index (χ1n) is 13.7. The van der Waals surface area contributed by atoms with Gasteiger partial charge in [-0.05, 0) is 74.1 Å². The van der Waals surface area contributed by atoms with Gasteiger partial charge in [-0.3, -0.25) is 4.79 Å². The minimum atomic E-state index is -4.81. The van der Waals surface area contributed by atoms with Crippen molar-refractivity contribution in [1.82, 2.24) is 15.2 Å². The zero-order chi connectivity index (χ0) is 28.3. The van der Waals surface area contributed by atoms with Crippen molar-refractivity contribution >= 4 is 28.5 Å². The Bertz CT molecular complexity index is 1330. The summed E-state index contributed by atoms with van der Waals surface area (Å²) in [7, 11) is 0.